The van der Waals surface area contributed by atoms with Gasteiger partial charge in [-0.15, -0.1) is 0 Å². The monoisotopic (exact) mass is 510 g/mol. The van der Waals surface area contributed by atoms with E-state index in [0.29, 0.717) is 0 Å². The number of hydrazine groups is 1. The van der Waals surface area contributed by atoms with E-state index in [0.717, 1.165) is 41.8 Å². The molecule has 0 aliphatic carbocycles. The maximum absolute atomic E-state index is 13.1. The third-order valence-electron chi connectivity index (χ3n) is 5.62. The summed E-state index contributed by atoms with van der Waals surface area (Å²) in [5.74, 6) is -0.242. The Hall–Kier alpha value is -3.65. The molecule has 2 N–H and O–H groups in total. The number of unbranched alkanes of at least 4 members (excludes halogenated alkanes) is 3. The number of allylic oxidation sites excluding steroid dienone is 1. The minimum Gasteiger partial charge on any atom is -0.443 e. The predicted molar refractivity (Wildman–Crippen MR) is 141 cm³/mol. The van der Waals surface area contributed by atoms with Gasteiger partial charge in [-0.2, -0.15) is 0 Å². The summed E-state index contributed by atoms with van der Waals surface area (Å²) in [7, 11) is 0. The fraction of sp³-hybridized carbons (Fsp3) is 0.414. The van der Waals surface area contributed by atoms with E-state index in [1.165, 1.54) is 6.92 Å². The lowest BCUT2D eigenvalue weighted by atomic mass is 10.0. The number of aliphatic hydroxyl groups is 1. The molecule has 37 heavy (non-hydrogen) atoms. The van der Waals surface area contributed by atoms with Gasteiger partial charge in [0.1, 0.15) is 19.0 Å². The molecule has 8 nitrogen and oxygen atoms in total. The molecule has 0 fully saturated rings. The van der Waals surface area contributed by atoms with Gasteiger partial charge in [0.05, 0.1) is 12.1 Å². The van der Waals surface area contributed by atoms with Crippen LogP contribution in [0.25, 0.3) is 0 Å². The number of ketones is 1. The summed E-state index contributed by atoms with van der Waals surface area (Å²) in [6.07, 6.45) is 4.96. The quantitative estimate of drug-likeness (QED) is 0.192. The predicted octanol–water partition coefficient (Wildman–Crippen LogP) is 5.70. The van der Waals surface area contributed by atoms with Crippen molar-refractivity contribution in [1.82, 2.24) is 10.4 Å². The topological polar surface area (TPSA) is 105 Å². The Morgan fingerprint density at radius 2 is 1.51 bits per heavy atom. The zero-order valence-electron chi connectivity index (χ0n) is 21.7. The number of amides is 2. The molecule has 2 amide bonds. The van der Waals surface area contributed by atoms with Gasteiger partial charge in [0.2, 0.25) is 0 Å². The molecule has 0 aliphatic rings. The lowest BCUT2D eigenvalue weighted by Gasteiger charge is -2.33. The molecule has 0 saturated carbocycles. The number of carbonyl (C=O) groups excluding carboxylic acids is 3. The summed E-state index contributed by atoms with van der Waals surface area (Å²) in [4.78, 5) is 37.6. The van der Waals surface area contributed by atoms with Gasteiger partial charge in [0, 0.05) is 6.42 Å². The summed E-state index contributed by atoms with van der Waals surface area (Å²) < 4.78 is 10.7. The highest BCUT2D eigenvalue weighted by atomic mass is 16.6. The smallest absolute Gasteiger partial charge is 0.429 e. The van der Waals surface area contributed by atoms with Gasteiger partial charge in [-0.3, -0.25) is 4.79 Å². The first kappa shape index (κ1) is 29.6. The minimum atomic E-state index is -1.23. The third kappa shape index (κ3) is 11.8. The van der Waals surface area contributed by atoms with Crippen molar-refractivity contribution in [2.75, 3.05) is 0 Å². The molecule has 0 saturated heterocycles. The molecule has 2 rings (SSSR count). The van der Waals surface area contributed by atoms with E-state index in [2.05, 4.69) is 12.3 Å². The summed E-state index contributed by atoms with van der Waals surface area (Å²) in [5.41, 5.74) is 3.97. The van der Waals surface area contributed by atoms with Gasteiger partial charge in [0.15, 0.2) is 0 Å². The Balaban J connectivity index is 2.18. The van der Waals surface area contributed by atoms with E-state index in [9.17, 15) is 19.5 Å². The van der Waals surface area contributed by atoms with Crippen molar-refractivity contribution in [3.05, 3.63) is 83.9 Å². The summed E-state index contributed by atoms with van der Waals surface area (Å²) in [5, 5.41) is 11.8. The number of rotatable bonds is 14. The molecule has 0 spiro atoms. The number of nitrogens with one attached hydrogen (secondary N) is 1. The second kappa shape index (κ2) is 16.9. The van der Waals surface area contributed by atoms with Crippen LogP contribution in [0.15, 0.2) is 72.8 Å². The molecular weight excluding hydrogens is 472 g/mol. The maximum atomic E-state index is 13.1. The molecule has 0 heterocycles. The number of hydrogen-bond donors (Lipinski definition) is 2. The number of ether oxygens (including phenoxy) is 2. The van der Waals surface area contributed by atoms with Crippen LogP contribution >= 0.6 is 0 Å². The largest absolute Gasteiger partial charge is 0.443 e. The lowest BCUT2D eigenvalue weighted by molar-refractivity contribution is -0.120. The number of aliphatic hydroxyl groups excluding tert-OH is 1. The molecule has 0 aromatic heterocycles. The average Bonchev–Trinajstić information content (AvgIpc) is 2.90. The molecule has 0 aliphatic heterocycles. The van der Waals surface area contributed by atoms with Crippen LogP contribution in [0.3, 0.4) is 0 Å². The molecule has 2 aromatic carbocycles. The molecule has 0 unspecified atom stereocenters. The van der Waals surface area contributed by atoms with Gasteiger partial charge in [-0.25, -0.2) is 20.0 Å². The van der Waals surface area contributed by atoms with Gasteiger partial charge < -0.3 is 14.6 Å². The van der Waals surface area contributed by atoms with E-state index < -0.39 is 24.3 Å². The van der Waals surface area contributed by atoms with Crippen LogP contribution in [0.5, 0.6) is 0 Å². The zero-order chi connectivity index (χ0) is 26.9. The van der Waals surface area contributed by atoms with Gasteiger partial charge in [-0.05, 0) is 37.3 Å². The Morgan fingerprint density at radius 1 is 0.919 bits per heavy atom. The highest BCUT2D eigenvalue weighted by Crippen LogP contribution is 2.16. The summed E-state index contributed by atoms with van der Waals surface area (Å²) in [6.45, 7) is 3.46. The maximum Gasteiger partial charge on any atom is 0.429 e. The molecule has 2 atom stereocenters. The van der Waals surface area contributed by atoms with Crippen molar-refractivity contribution in [3.8, 4) is 0 Å². The third-order valence-corrected chi connectivity index (χ3v) is 5.62. The van der Waals surface area contributed by atoms with Gasteiger partial charge >= 0.3 is 12.2 Å². The summed E-state index contributed by atoms with van der Waals surface area (Å²) in [6, 6.07) is 17.3. The average molecular weight is 511 g/mol. The molecule has 200 valence electrons. The Kier molecular flexibility index (Phi) is 13.5. The number of nitrogens with zero attached hydrogens (tertiary/aromatic N) is 1. The second-order valence-electron chi connectivity index (χ2n) is 8.83. The first-order valence-corrected chi connectivity index (χ1v) is 12.7. The van der Waals surface area contributed by atoms with Gasteiger partial charge in [-0.1, -0.05) is 92.6 Å². The van der Waals surface area contributed by atoms with Gasteiger partial charge in [0.25, 0.3) is 0 Å². The highest BCUT2D eigenvalue weighted by Gasteiger charge is 2.33. The van der Waals surface area contributed by atoms with Crippen LogP contribution < -0.4 is 5.43 Å². The normalized spacial score (nSPS) is 12.5. The van der Waals surface area contributed by atoms with E-state index in [1.54, 1.807) is 12.1 Å². The number of benzene rings is 2. The molecule has 8 heteroatoms. The van der Waals surface area contributed by atoms with E-state index in [-0.39, 0.29) is 31.8 Å². The number of hydrogen-bond acceptors (Lipinski definition) is 6. The van der Waals surface area contributed by atoms with Crippen molar-refractivity contribution in [3.63, 3.8) is 0 Å². The minimum absolute atomic E-state index is 0.00241. The first-order valence-electron chi connectivity index (χ1n) is 12.7. The fourth-order valence-corrected chi connectivity index (χ4v) is 3.64. The van der Waals surface area contributed by atoms with E-state index >= 15 is 0 Å². The standard InChI is InChI=1S/C29H38N2O6/c1-3-4-5-6-7-14-19-26(27(33)20-23(2)32)31(29(35)37-22-25-17-12-9-13-18-25)30-28(34)36-21-24-15-10-8-11-16-24/h7-18,26-27,33H,3-6,19-22H2,1-2H3,(H,30,34)/b14-7+/t26-,27-/m1/s1. The fourth-order valence-electron chi connectivity index (χ4n) is 3.64. The van der Waals surface area contributed by atoms with Crippen LogP contribution in [-0.4, -0.2) is 40.2 Å². The molecular formula is C29H38N2O6. The SMILES string of the molecule is CCCCC/C=C/C[C@H]([C@H](O)CC(C)=O)N(NC(=O)OCc1ccccc1)C(=O)OCc1ccccc1. The molecule has 2 aromatic rings. The van der Waals surface area contributed by atoms with E-state index in [4.69, 9.17) is 9.47 Å². The van der Waals surface area contributed by atoms with Crippen LogP contribution in [0.4, 0.5) is 9.59 Å². The Bertz CT molecular complexity index is 980. The first-order chi connectivity index (χ1) is 17.9. The van der Waals surface area contributed by atoms with Crippen molar-refractivity contribution in [1.29, 1.82) is 0 Å². The molecule has 0 radical (unpaired) electrons. The lowest BCUT2D eigenvalue weighted by Crippen LogP contribution is -2.56. The second-order valence-corrected chi connectivity index (χ2v) is 8.83. The van der Waals surface area contributed by atoms with Crippen LogP contribution in [-0.2, 0) is 27.5 Å². The number of Topliss-reactive ketones (excluding diaryl/α,β-unsaturated/α-hetero) is 1. The Labute approximate surface area is 219 Å². The molecule has 0 bridgehead atoms. The van der Waals surface area contributed by atoms with Crippen LogP contribution in [0.1, 0.15) is 63.5 Å². The van der Waals surface area contributed by atoms with Crippen molar-refractivity contribution < 1.29 is 29.0 Å². The van der Waals surface area contributed by atoms with Crippen LogP contribution in [0, 0.1) is 0 Å². The number of carbonyl (C=O) groups is 3. The zero-order valence-corrected chi connectivity index (χ0v) is 21.7. The summed E-state index contributed by atoms with van der Waals surface area (Å²) >= 11 is 0. The van der Waals surface area contributed by atoms with Crippen molar-refractivity contribution in [2.24, 2.45) is 0 Å². The Morgan fingerprint density at radius 3 is 2.08 bits per heavy atom. The van der Waals surface area contributed by atoms with Crippen LogP contribution in [0.2, 0.25) is 0 Å². The van der Waals surface area contributed by atoms with Crippen molar-refractivity contribution >= 4 is 18.0 Å². The highest BCUT2D eigenvalue weighted by molar-refractivity contribution is 5.77. The van der Waals surface area contributed by atoms with E-state index in [1.807, 2.05) is 60.7 Å². The van der Waals surface area contributed by atoms with Crippen molar-refractivity contribution in [2.45, 2.75) is 77.7 Å².